The Morgan fingerprint density at radius 1 is 1.44 bits per heavy atom. The van der Waals surface area contributed by atoms with Gasteiger partial charge in [-0.25, -0.2) is 0 Å². The molecular formula is C11H13ClN4. The Balaban J connectivity index is 2.31. The van der Waals surface area contributed by atoms with E-state index < -0.39 is 0 Å². The quantitative estimate of drug-likeness (QED) is 0.886. The van der Waals surface area contributed by atoms with Crippen LogP contribution in [0.3, 0.4) is 0 Å². The maximum Gasteiger partial charge on any atom is 0.0969 e. The minimum absolute atomic E-state index is 0.708. The fourth-order valence-corrected chi connectivity index (χ4v) is 1.56. The molecule has 0 aliphatic carbocycles. The maximum absolute atomic E-state index is 6.05. The summed E-state index contributed by atoms with van der Waals surface area (Å²) in [6.45, 7) is 2.68. The van der Waals surface area contributed by atoms with Crippen molar-refractivity contribution in [1.29, 1.82) is 0 Å². The van der Waals surface area contributed by atoms with Gasteiger partial charge in [0.25, 0.3) is 0 Å². The van der Waals surface area contributed by atoms with E-state index in [1.807, 2.05) is 32.2 Å². The summed E-state index contributed by atoms with van der Waals surface area (Å²) in [5.41, 5.74) is 2.82. The van der Waals surface area contributed by atoms with Crippen LogP contribution in [0.15, 0.2) is 24.4 Å². The molecule has 0 unspecified atom stereocenters. The predicted octanol–water partition coefficient (Wildman–Crippen LogP) is 1.95. The first kappa shape index (κ1) is 11.1. The lowest BCUT2D eigenvalue weighted by Crippen LogP contribution is -2.06. The Hall–Kier alpha value is -1.39. The molecule has 84 valence electrons. The summed E-state index contributed by atoms with van der Waals surface area (Å²) in [6.07, 6.45) is 1.74. The standard InChI is InChI=1S/C11H13ClN4/c1-8-3-4-10(5-11(8)12)16-14-7-9(15-16)6-13-2/h3-5,7,13H,6H2,1-2H3. The van der Waals surface area contributed by atoms with Crippen molar-refractivity contribution in [2.45, 2.75) is 13.5 Å². The van der Waals surface area contributed by atoms with Gasteiger partial charge in [0.2, 0.25) is 0 Å². The van der Waals surface area contributed by atoms with E-state index in [0.717, 1.165) is 22.0 Å². The van der Waals surface area contributed by atoms with Gasteiger partial charge in [-0.1, -0.05) is 17.7 Å². The fraction of sp³-hybridized carbons (Fsp3) is 0.273. The van der Waals surface area contributed by atoms with E-state index in [9.17, 15) is 0 Å². The zero-order valence-corrected chi connectivity index (χ0v) is 9.99. The number of nitrogens with zero attached hydrogens (tertiary/aromatic N) is 3. The largest absolute Gasteiger partial charge is 0.314 e. The average molecular weight is 237 g/mol. The van der Waals surface area contributed by atoms with Gasteiger partial charge in [-0.2, -0.15) is 15.0 Å². The number of aryl methyl sites for hydroxylation is 1. The zero-order chi connectivity index (χ0) is 11.5. The average Bonchev–Trinajstić information content (AvgIpc) is 2.71. The highest BCUT2D eigenvalue weighted by molar-refractivity contribution is 6.31. The van der Waals surface area contributed by atoms with Crippen LogP contribution >= 0.6 is 11.6 Å². The van der Waals surface area contributed by atoms with Crippen LogP contribution in [-0.4, -0.2) is 22.0 Å². The molecular weight excluding hydrogens is 224 g/mol. The van der Waals surface area contributed by atoms with Gasteiger partial charge in [-0.3, -0.25) is 0 Å². The van der Waals surface area contributed by atoms with E-state index >= 15 is 0 Å². The number of nitrogens with one attached hydrogen (secondary N) is 1. The van der Waals surface area contributed by atoms with Crippen molar-refractivity contribution in [1.82, 2.24) is 20.3 Å². The lowest BCUT2D eigenvalue weighted by atomic mass is 10.2. The molecule has 0 spiro atoms. The Kier molecular flexibility index (Phi) is 3.22. The number of hydrogen-bond acceptors (Lipinski definition) is 3. The van der Waals surface area contributed by atoms with Crippen LogP contribution < -0.4 is 5.32 Å². The smallest absolute Gasteiger partial charge is 0.0969 e. The van der Waals surface area contributed by atoms with Crippen LogP contribution in [0.25, 0.3) is 5.69 Å². The second-order valence-electron chi connectivity index (χ2n) is 3.59. The highest BCUT2D eigenvalue weighted by Gasteiger charge is 2.03. The summed E-state index contributed by atoms with van der Waals surface area (Å²) in [5.74, 6) is 0. The van der Waals surface area contributed by atoms with Crippen LogP contribution in [0, 0.1) is 6.92 Å². The molecule has 0 aliphatic rings. The monoisotopic (exact) mass is 236 g/mol. The van der Waals surface area contributed by atoms with Crippen molar-refractivity contribution in [2.24, 2.45) is 0 Å². The zero-order valence-electron chi connectivity index (χ0n) is 9.24. The molecule has 1 N–H and O–H groups in total. The molecule has 1 aromatic carbocycles. The molecule has 1 heterocycles. The molecule has 0 atom stereocenters. The van der Waals surface area contributed by atoms with Gasteiger partial charge in [0.05, 0.1) is 17.6 Å². The van der Waals surface area contributed by atoms with Gasteiger partial charge in [0.1, 0.15) is 0 Å². The van der Waals surface area contributed by atoms with Crippen molar-refractivity contribution in [3.05, 3.63) is 40.7 Å². The normalized spacial score (nSPS) is 10.7. The van der Waals surface area contributed by atoms with Gasteiger partial charge in [0.15, 0.2) is 0 Å². The summed E-state index contributed by atoms with van der Waals surface area (Å²) in [5, 5.41) is 12.3. The SMILES string of the molecule is CNCc1cnn(-c2ccc(C)c(Cl)c2)n1. The van der Waals surface area contributed by atoms with Crippen molar-refractivity contribution in [3.63, 3.8) is 0 Å². The van der Waals surface area contributed by atoms with E-state index in [-0.39, 0.29) is 0 Å². The van der Waals surface area contributed by atoms with Gasteiger partial charge in [-0.05, 0) is 31.7 Å². The van der Waals surface area contributed by atoms with Crippen LogP contribution in [0.2, 0.25) is 5.02 Å². The first-order valence-electron chi connectivity index (χ1n) is 5.03. The van der Waals surface area contributed by atoms with Crippen molar-refractivity contribution >= 4 is 11.6 Å². The first-order chi connectivity index (χ1) is 7.70. The second kappa shape index (κ2) is 4.63. The Labute approximate surface area is 99.2 Å². The lowest BCUT2D eigenvalue weighted by molar-refractivity contribution is 0.716. The second-order valence-corrected chi connectivity index (χ2v) is 4.00. The molecule has 0 saturated carbocycles. The number of hydrogen-bond donors (Lipinski definition) is 1. The molecule has 0 saturated heterocycles. The number of halogens is 1. The molecule has 1 aromatic heterocycles. The molecule has 0 fully saturated rings. The summed E-state index contributed by atoms with van der Waals surface area (Å²) in [4.78, 5) is 1.58. The van der Waals surface area contributed by atoms with Gasteiger partial charge < -0.3 is 5.32 Å². The number of rotatable bonds is 3. The van der Waals surface area contributed by atoms with Gasteiger partial charge in [-0.15, -0.1) is 0 Å². The molecule has 2 rings (SSSR count). The number of benzene rings is 1. The molecule has 5 heteroatoms. The van der Waals surface area contributed by atoms with Crippen LogP contribution in [0.4, 0.5) is 0 Å². The fourth-order valence-electron chi connectivity index (χ4n) is 1.39. The highest BCUT2D eigenvalue weighted by atomic mass is 35.5. The highest BCUT2D eigenvalue weighted by Crippen LogP contribution is 2.18. The summed E-state index contributed by atoms with van der Waals surface area (Å²) in [7, 11) is 1.88. The maximum atomic E-state index is 6.05. The molecule has 0 bridgehead atoms. The predicted molar refractivity (Wildman–Crippen MR) is 63.9 cm³/mol. The van der Waals surface area contributed by atoms with E-state index in [0.29, 0.717) is 6.54 Å². The van der Waals surface area contributed by atoms with E-state index in [1.165, 1.54) is 0 Å². The minimum Gasteiger partial charge on any atom is -0.314 e. The molecule has 0 aliphatic heterocycles. The Morgan fingerprint density at radius 2 is 2.25 bits per heavy atom. The molecule has 4 nitrogen and oxygen atoms in total. The van der Waals surface area contributed by atoms with Crippen LogP contribution in [0.1, 0.15) is 11.3 Å². The van der Waals surface area contributed by atoms with E-state index in [4.69, 9.17) is 11.6 Å². The number of aromatic nitrogens is 3. The molecule has 0 radical (unpaired) electrons. The Morgan fingerprint density at radius 3 is 2.94 bits per heavy atom. The topological polar surface area (TPSA) is 42.7 Å². The van der Waals surface area contributed by atoms with Gasteiger partial charge >= 0.3 is 0 Å². The van der Waals surface area contributed by atoms with Crippen molar-refractivity contribution < 1.29 is 0 Å². The van der Waals surface area contributed by atoms with Crippen LogP contribution in [0.5, 0.6) is 0 Å². The minimum atomic E-state index is 0.708. The Bertz CT molecular complexity index is 492. The van der Waals surface area contributed by atoms with Crippen molar-refractivity contribution in [2.75, 3.05) is 7.05 Å². The van der Waals surface area contributed by atoms with Gasteiger partial charge in [0, 0.05) is 11.6 Å². The van der Waals surface area contributed by atoms with E-state index in [1.54, 1.807) is 11.0 Å². The molecule has 0 amide bonds. The third-order valence-corrected chi connectivity index (χ3v) is 2.69. The molecule has 16 heavy (non-hydrogen) atoms. The molecule has 2 aromatic rings. The third-order valence-electron chi connectivity index (χ3n) is 2.28. The summed E-state index contributed by atoms with van der Waals surface area (Å²) >= 11 is 6.05. The van der Waals surface area contributed by atoms with Crippen molar-refractivity contribution in [3.8, 4) is 5.69 Å². The lowest BCUT2D eigenvalue weighted by Gasteiger charge is -2.02. The first-order valence-corrected chi connectivity index (χ1v) is 5.41. The van der Waals surface area contributed by atoms with Crippen LogP contribution in [-0.2, 0) is 6.54 Å². The third kappa shape index (κ3) is 2.23. The summed E-state index contributed by atoms with van der Waals surface area (Å²) in [6, 6.07) is 5.77. The van der Waals surface area contributed by atoms with E-state index in [2.05, 4.69) is 15.5 Å². The summed E-state index contributed by atoms with van der Waals surface area (Å²) < 4.78 is 0.